The minimum absolute atomic E-state index is 0.00897. The first-order valence-electron chi connectivity index (χ1n) is 7.08. The number of nitrogens with two attached hydrogens (primary N) is 1. The van der Waals surface area contributed by atoms with Gasteiger partial charge in [0.05, 0.1) is 5.41 Å². The van der Waals surface area contributed by atoms with Crippen LogP contribution in [0.15, 0.2) is 0 Å². The summed E-state index contributed by atoms with van der Waals surface area (Å²) in [7, 11) is 0. The van der Waals surface area contributed by atoms with Crippen LogP contribution in [0.4, 0.5) is 0 Å². The molecule has 0 spiro atoms. The van der Waals surface area contributed by atoms with Crippen LogP contribution in [0.3, 0.4) is 0 Å². The summed E-state index contributed by atoms with van der Waals surface area (Å²) in [6, 6.07) is 0.00897. The molecule has 2 atom stereocenters. The summed E-state index contributed by atoms with van der Waals surface area (Å²) in [6.45, 7) is 8.42. The summed E-state index contributed by atoms with van der Waals surface area (Å²) in [5, 5.41) is 2.98. The van der Waals surface area contributed by atoms with Gasteiger partial charge in [-0.05, 0) is 32.1 Å². The van der Waals surface area contributed by atoms with Crippen LogP contribution >= 0.6 is 0 Å². The molecule has 4 heteroatoms. The number of hydrogen-bond acceptors (Lipinski definition) is 3. The predicted molar refractivity (Wildman–Crippen MR) is 73.2 cm³/mol. The predicted octanol–water partition coefficient (Wildman–Crippen LogP) is 1.68. The number of amides is 1. The van der Waals surface area contributed by atoms with Gasteiger partial charge in [0, 0.05) is 25.8 Å². The van der Waals surface area contributed by atoms with Gasteiger partial charge in [-0.1, -0.05) is 20.3 Å². The number of rotatable bonds is 7. The summed E-state index contributed by atoms with van der Waals surface area (Å²) < 4.78 is 5.47. The van der Waals surface area contributed by atoms with Crippen molar-refractivity contribution in [1.82, 2.24) is 5.32 Å². The molecule has 0 aromatic rings. The Bertz CT molecular complexity index is 269. The summed E-state index contributed by atoms with van der Waals surface area (Å²) in [6.07, 6.45) is 3.79. The molecule has 0 saturated heterocycles. The monoisotopic (exact) mass is 256 g/mol. The number of hydrogen-bond donors (Lipinski definition) is 2. The van der Waals surface area contributed by atoms with E-state index in [1.54, 1.807) is 0 Å². The van der Waals surface area contributed by atoms with Crippen LogP contribution in [-0.2, 0) is 9.53 Å². The van der Waals surface area contributed by atoms with Gasteiger partial charge in [0.1, 0.15) is 0 Å². The van der Waals surface area contributed by atoms with E-state index in [9.17, 15) is 4.79 Å². The Morgan fingerprint density at radius 1 is 1.56 bits per heavy atom. The van der Waals surface area contributed by atoms with Crippen molar-refractivity contribution >= 4 is 5.91 Å². The van der Waals surface area contributed by atoms with Crippen molar-refractivity contribution in [2.24, 2.45) is 17.1 Å². The Kier molecular flexibility index (Phi) is 6.09. The second kappa shape index (κ2) is 7.10. The largest absolute Gasteiger partial charge is 0.381 e. The smallest absolute Gasteiger partial charge is 0.227 e. The lowest BCUT2D eigenvalue weighted by molar-refractivity contribution is -0.130. The van der Waals surface area contributed by atoms with E-state index in [-0.39, 0.29) is 17.4 Å². The maximum Gasteiger partial charge on any atom is 0.227 e. The molecule has 106 valence electrons. The molecule has 0 heterocycles. The minimum atomic E-state index is -0.362. The van der Waals surface area contributed by atoms with Gasteiger partial charge in [-0.3, -0.25) is 4.79 Å². The molecule has 1 aliphatic rings. The van der Waals surface area contributed by atoms with Crippen molar-refractivity contribution in [1.29, 1.82) is 0 Å². The Balaban J connectivity index is 2.14. The van der Waals surface area contributed by atoms with E-state index in [2.05, 4.69) is 19.2 Å². The molecule has 4 nitrogen and oxygen atoms in total. The SMILES string of the molecule is CC(C)COCCCNC(=O)C1(C)CCCC1N. The van der Waals surface area contributed by atoms with Crippen LogP contribution in [-0.4, -0.2) is 31.7 Å². The van der Waals surface area contributed by atoms with Crippen molar-refractivity contribution in [2.75, 3.05) is 19.8 Å². The number of carbonyl (C=O) groups is 1. The highest BCUT2D eigenvalue weighted by Gasteiger charge is 2.42. The molecule has 1 amide bonds. The average molecular weight is 256 g/mol. The highest BCUT2D eigenvalue weighted by molar-refractivity contribution is 5.83. The van der Waals surface area contributed by atoms with Gasteiger partial charge in [-0.25, -0.2) is 0 Å². The molecule has 0 bridgehead atoms. The number of ether oxygens (including phenoxy) is 1. The van der Waals surface area contributed by atoms with E-state index in [1.807, 2.05) is 6.92 Å². The fourth-order valence-corrected chi connectivity index (χ4v) is 2.37. The molecular formula is C14H28N2O2. The van der Waals surface area contributed by atoms with Gasteiger partial charge in [0.2, 0.25) is 5.91 Å². The third kappa shape index (κ3) is 4.25. The Morgan fingerprint density at radius 3 is 2.83 bits per heavy atom. The van der Waals surface area contributed by atoms with Crippen LogP contribution in [0, 0.1) is 11.3 Å². The molecule has 1 aliphatic carbocycles. The Hall–Kier alpha value is -0.610. The molecule has 2 unspecified atom stereocenters. The topological polar surface area (TPSA) is 64.3 Å². The van der Waals surface area contributed by atoms with Gasteiger partial charge in [0.25, 0.3) is 0 Å². The molecule has 1 fully saturated rings. The summed E-state index contributed by atoms with van der Waals surface area (Å²) in [4.78, 5) is 12.1. The van der Waals surface area contributed by atoms with Crippen LogP contribution < -0.4 is 11.1 Å². The Morgan fingerprint density at radius 2 is 2.28 bits per heavy atom. The molecule has 1 rings (SSSR count). The number of nitrogens with one attached hydrogen (secondary N) is 1. The lowest BCUT2D eigenvalue weighted by Gasteiger charge is -2.27. The lowest BCUT2D eigenvalue weighted by Crippen LogP contribution is -2.47. The first-order valence-corrected chi connectivity index (χ1v) is 7.08. The first-order chi connectivity index (χ1) is 8.47. The maximum absolute atomic E-state index is 12.1. The normalized spacial score (nSPS) is 27.7. The quantitative estimate of drug-likeness (QED) is 0.681. The van der Waals surface area contributed by atoms with Crippen LogP contribution in [0.5, 0.6) is 0 Å². The number of carbonyl (C=O) groups excluding carboxylic acids is 1. The average Bonchev–Trinajstić information content (AvgIpc) is 2.65. The maximum atomic E-state index is 12.1. The van der Waals surface area contributed by atoms with Crippen LogP contribution in [0.25, 0.3) is 0 Å². The molecular weight excluding hydrogens is 228 g/mol. The first kappa shape index (κ1) is 15.4. The van der Waals surface area contributed by atoms with Gasteiger partial charge in [0.15, 0.2) is 0 Å². The molecule has 0 aromatic carbocycles. The highest BCUT2D eigenvalue weighted by Crippen LogP contribution is 2.36. The van der Waals surface area contributed by atoms with Crippen molar-refractivity contribution < 1.29 is 9.53 Å². The summed E-state index contributed by atoms with van der Waals surface area (Å²) >= 11 is 0. The van der Waals surface area contributed by atoms with E-state index in [1.165, 1.54) is 0 Å². The zero-order valence-electron chi connectivity index (χ0n) is 12.0. The Labute approximate surface area is 111 Å². The van der Waals surface area contributed by atoms with E-state index >= 15 is 0 Å². The van der Waals surface area contributed by atoms with Crippen molar-refractivity contribution in [3.8, 4) is 0 Å². The molecule has 1 saturated carbocycles. The van der Waals surface area contributed by atoms with Gasteiger partial charge < -0.3 is 15.8 Å². The van der Waals surface area contributed by atoms with E-state index in [4.69, 9.17) is 10.5 Å². The van der Waals surface area contributed by atoms with Crippen molar-refractivity contribution in [2.45, 2.75) is 52.5 Å². The molecule has 3 N–H and O–H groups in total. The standard InChI is InChI=1S/C14H28N2O2/c1-11(2)10-18-9-5-8-16-13(17)14(3)7-4-6-12(14)15/h11-12H,4-10,15H2,1-3H3,(H,16,17). The van der Waals surface area contributed by atoms with E-state index < -0.39 is 0 Å². The fraction of sp³-hybridized carbons (Fsp3) is 0.929. The third-order valence-corrected chi connectivity index (χ3v) is 3.75. The molecule has 0 aromatic heterocycles. The molecule has 0 radical (unpaired) electrons. The zero-order valence-corrected chi connectivity index (χ0v) is 12.0. The zero-order chi connectivity index (χ0) is 13.6. The van der Waals surface area contributed by atoms with Gasteiger partial charge >= 0.3 is 0 Å². The third-order valence-electron chi connectivity index (χ3n) is 3.75. The molecule has 18 heavy (non-hydrogen) atoms. The lowest BCUT2D eigenvalue weighted by atomic mass is 9.84. The summed E-state index contributed by atoms with van der Waals surface area (Å²) in [5.41, 5.74) is 5.65. The highest BCUT2D eigenvalue weighted by atomic mass is 16.5. The molecule has 0 aliphatic heterocycles. The fourth-order valence-electron chi connectivity index (χ4n) is 2.37. The van der Waals surface area contributed by atoms with E-state index in [0.717, 1.165) is 32.3 Å². The minimum Gasteiger partial charge on any atom is -0.381 e. The van der Waals surface area contributed by atoms with Crippen LogP contribution in [0.1, 0.15) is 46.5 Å². The van der Waals surface area contributed by atoms with Gasteiger partial charge in [-0.2, -0.15) is 0 Å². The van der Waals surface area contributed by atoms with Crippen LogP contribution in [0.2, 0.25) is 0 Å². The van der Waals surface area contributed by atoms with Crippen molar-refractivity contribution in [3.63, 3.8) is 0 Å². The van der Waals surface area contributed by atoms with Gasteiger partial charge in [-0.15, -0.1) is 0 Å². The van der Waals surface area contributed by atoms with Crippen molar-refractivity contribution in [3.05, 3.63) is 0 Å². The second-order valence-electron chi connectivity index (χ2n) is 5.99. The summed E-state index contributed by atoms with van der Waals surface area (Å²) in [5.74, 6) is 0.673. The second-order valence-corrected chi connectivity index (χ2v) is 5.99. The van der Waals surface area contributed by atoms with E-state index in [0.29, 0.717) is 19.1 Å².